The number of rotatable bonds is 1. The molecule has 0 amide bonds. The van der Waals surface area contributed by atoms with Crippen LogP contribution in [0.3, 0.4) is 0 Å². The van der Waals surface area contributed by atoms with Gasteiger partial charge in [0.25, 0.3) is 0 Å². The van der Waals surface area contributed by atoms with E-state index < -0.39 is 11.7 Å². The van der Waals surface area contributed by atoms with E-state index in [2.05, 4.69) is 9.97 Å². The molecule has 2 aromatic carbocycles. The number of alkyl halides is 3. The summed E-state index contributed by atoms with van der Waals surface area (Å²) in [5, 5.41) is 0.531. The average molecular weight is 289 g/mol. The molecule has 0 unspecified atom stereocenters. The van der Waals surface area contributed by atoms with E-state index in [1.165, 1.54) is 18.5 Å². The molecule has 0 bridgehead atoms. The fourth-order valence-electron chi connectivity index (χ4n) is 2.23. The Balaban J connectivity index is 2.32. The van der Waals surface area contributed by atoms with Gasteiger partial charge in [-0.15, -0.1) is 0 Å². The normalized spacial score (nSPS) is 11.8. The second-order valence-corrected chi connectivity index (χ2v) is 4.54. The molecule has 2 N–H and O–H groups in total. The molecule has 0 saturated heterocycles. The number of aromatic nitrogens is 2. The lowest BCUT2D eigenvalue weighted by atomic mass is 10.0. The molecule has 0 radical (unpaired) electrons. The van der Waals surface area contributed by atoms with Gasteiger partial charge in [0.1, 0.15) is 6.33 Å². The quantitative estimate of drug-likeness (QED) is 0.691. The zero-order valence-corrected chi connectivity index (χ0v) is 10.7. The zero-order valence-electron chi connectivity index (χ0n) is 10.7. The Kier molecular flexibility index (Phi) is 3.01. The van der Waals surface area contributed by atoms with Gasteiger partial charge in [0, 0.05) is 16.6 Å². The van der Waals surface area contributed by atoms with E-state index >= 15 is 0 Å². The fraction of sp³-hybridized carbons (Fsp3) is 0.0667. The Bertz CT molecular complexity index is 813. The number of fused-ring (bicyclic) bond motifs is 1. The van der Waals surface area contributed by atoms with Crippen molar-refractivity contribution in [2.24, 2.45) is 0 Å². The summed E-state index contributed by atoms with van der Waals surface area (Å²) in [6.07, 6.45) is -3.20. The van der Waals surface area contributed by atoms with Gasteiger partial charge in [-0.05, 0) is 24.3 Å². The van der Waals surface area contributed by atoms with Crippen LogP contribution in [-0.2, 0) is 6.18 Å². The molecule has 106 valence electrons. The van der Waals surface area contributed by atoms with Crippen molar-refractivity contribution in [2.45, 2.75) is 6.18 Å². The summed E-state index contributed by atoms with van der Waals surface area (Å²) in [5.74, 6) is 0. The summed E-state index contributed by atoms with van der Waals surface area (Å²) < 4.78 is 39.4. The molecule has 0 aliphatic carbocycles. The van der Waals surface area contributed by atoms with Crippen molar-refractivity contribution in [3.05, 3.63) is 54.4 Å². The van der Waals surface area contributed by atoms with E-state index in [-0.39, 0.29) is 11.3 Å². The summed E-state index contributed by atoms with van der Waals surface area (Å²) in [7, 11) is 0. The molecule has 0 atom stereocenters. The third-order valence-electron chi connectivity index (χ3n) is 3.15. The highest BCUT2D eigenvalue weighted by molar-refractivity contribution is 5.94. The SMILES string of the molecule is Nc1ccc2c(-c3ccccc3C(F)(F)F)ncnc2c1. The first-order chi connectivity index (χ1) is 9.97. The minimum atomic E-state index is -4.44. The van der Waals surface area contributed by atoms with Crippen molar-refractivity contribution >= 4 is 16.6 Å². The van der Waals surface area contributed by atoms with Crippen LogP contribution in [0.5, 0.6) is 0 Å². The number of nitrogens with two attached hydrogens (primary N) is 1. The van der Waals surface area contributed by atoms with E-state index in [1.807, 2.05) is 0 Å². The van der Waals surface area contributed by atoms with Crippen molar-refractivity contribution < 1.29 is 13.2 Å². The highest BCUT2D eigenvalue weighted by Gasteiger charge is 2.34. The van der Waals surface area contributed by atoms with Crippen LogP contribution in [0.1, 0.15) is 5.56 Å². The molecule has 3 nitrogen and oxygen atoms in total. The van der Waals surface area contributed by atoms with Crippen LogP contribution in [0, 0.1) is 0 Å². The van der Waals surface area contributed by atoms with Gasteiger partial charge in [0.2, 0.25) is 0 Å². The lowest BCUT2D eigenvalue weighted by Crippen LogP contribution is -2.07. The van der Waals surface area contributed by atoms with Crippen molar-refractivity contribution in [2.75, 3.05) is 5.73 Å². The van der Waals surface area contributed by atoms with Crippen molar-refractivity contribution in [3.8, 4) is 11.3 Å². The van der Waals surface area contributed by atoms with Crippen LogP contribution in [0.4, 0.5) is 18.9 Å². The number of halogens is 3. The molecule has 1 aromatic heterocycles. The minimum Gasteiger partial charge on any atom is -0.399 e. The molecule has 3 rings (SSSR count). The molecule has 21 heavy (non-hydrogen) atoms. The standard InChI is InChI=1S/C15H10F3N3/c16-15(17,18)12-4-2-1-3-10(12)14-11-6-5-9(19)7-13(11)20-8-21-14/h1-8H,19H2. The van der Waals surface area contributed by atoms with Crippen molar-refractivity contribution in [1.82, 2.24) is 9.97 Å². The van der Waals surface area contributed by atoms with Crippen LogP contribution >= 0.6 is 0 Å². The van der Waals surface area contributed by atoms with E-state index in [0.29, 0.717) is 16.6 Å². The summed E-state index contributed by atoms with van der Waals surface area (Å²) >= 11 is 0. The van der Waals surface area contributed by atoms with Gasteiger partial charge in [-0.25, -0.2) is 9.97 Å². The molecule has 0 saturated carbocycles. The number of hydrogen-bond donors (Lipinski definition) is 1. The largest absolute Gasteiger partial charge is 0.417 e. The van der Waals surface area contributed by atoms with Crippen molar-refractivity contribution in [1.29, 1.82) is 0 Å². The third-order valence-corrected chi connectivity index (χ3v) is 3.15. The van der Waals surface area contributed by atoms with Gasteiger partial charge in [0.05, 0.1) is 16.8 Å². The van der Waals surface area contributed by atoms with E-state index in [9.17, 15) is 13.2 Å². The van der Waals surface area contributed by atoms with E-state index in [1.54, 1.807) is 24.3 Å². The van der Waals surface area contributed by atoms with Crippen LogP contribution in [-0.4, -0.2) is 9.97 Å². The second kappa shape index (κ2) is 4.73. The van der Waals surface area contributed by atoms with Gasteiger partial charge < -0.3 is 5.73 Å². The molecule has 0 fully saturated rings. The Labute approximate surface area is 118 Å². The lowest BCUT2D eigenvalue weighted by molar-refractivity contribution is -0.137. The van der Waals surface area contributed by atoms with Gasteiger partial charge in [0.15, 0.2) is 0 Å². The topological polar surface area (TPSA) is 51.8 Å². The highest BCUT2D eigenvalue weighted by atomic mass is 19.4. The predicted molar refractivity (Wildman–Crippen MR) is 74.4 cm³/mol. The van der Waals surface area contributed by atoms with Crippen LogP contribution in [0.2, 0.25) is 0 Å². The molecular formula is C15H10F3N3. The Morgan fingerprint density at radius 2 is 1.71 bits per heavy atom. The van der Waals surface area contributed by atoms with Gasteiger partial charge >= 0.3 is 6.18 Å². The first-order valence-electron chi connectivity index (χ1n) is 6.13. The van der Waals surface area contributed by atoms with Crippen LogP contribution in [0.25, 0.3) is 22.2 Å². The number of benzene rings is 2. The van der Waals surface area contributed by atoms with Crippen molar-refractivity contribution in [3.63, 3.8) is 0 Å². The number of hydrogen-bond acceptors (Lipinski definition) is 3. The van der Waals surface area contributed by atoms with Gasteiger partial charge in [-0.2, -0.15) is 13.2 Å². The Morgan fingerprint density at radius 1 is 0.952 bits per heavy atom. The molecule has 3 aromatic rings. The zero-order chi connectivity index (χ0) is 15.0. The molecule has 6 heteroatoms. The number of nitrogens with zero attached hydrogens (tertiary/aromatic N) is 2. The second-order valence-electron chi connectivity index (χ2n) is 4.54. The first kappa shape index (κ1) is 13.4. The maximum Gasteiger partial charge on any atom is 0.417 e. The molecule has 0 aliphatic heterocycles. The summed E-state index contributed by atoms with van der Waals surface area (Å²) in [5.41, 5.74) is 6.23. The Hall–Kier alpha value is -2.63. The minimum absolute atomic E-state index is 0.0298. The first-order valence-corrected chi connectivity index (χ1v) is 6.13. The monoisotopic (exact) mass is 289 g/mol. The van der Waals surface area contributed by atoms with Crippen LogP contribution in [0.15, 0.2) is 48.8 Å². The summed E-state index contributed by atoms with van der Waals surface area (Å²) in [6.45, 7) is 0. The molecular weight excluding hydrogens is 279 g/mol. The van der Waals surface area contributed by atoms with E-state index in [4.69, 9.17) is 5.73 Å². The maximum atomic E-state index is 13.1. The summed E-state index contributed by atoms with van der Waals surface area (Å²) in [6, 6.07) is 10.2. The summed E-state index contributed by atoms with van der Waals surface area (Å²) in [4.78, 5) is 8.08. The van der Waals surface area contributed by atoms with Crippen LogP contribution < -0.4 is 5.73 Å². The third kappa shape index (κ3) is 2.40. The molecule has 0 spiro atoms. The predicted octanol–water partition coefficient (Wildman–Crippen LogP) is 3.90. The molecule has 1 heterocycles. The smallest absolute Gasteiger partial charge is 0.399 e. The molecule has 0 aliphatic rings. The van der Waals surface area contributed by atoms with Gasteiger partial charge in [-0.1, -0.05) is 18.2 Å². The lowest BCUT2D eigenvalue weighted by Gasteiger charge is -2.13. The number of anilines is 1. The fourth-order valence-corrected chi connectivity index (χ4v) is 2.23. The maximum absolute atomic E-state index is 13.1. The van der Waals surface area contributed by atoms with Gasteiger partial charge in [-0.3, -0.25) is 0 Å². The average Bonchev–Trinajstić information content (AvgIpc) is 2.45. The Morgan fingerprint density at radius 3 is 2.48 bits per heavy atom. The highest BCUT2D eigenvalue weighted by Crippen LogP contribution is 2.38. The van der Waals surface area contributed by atoms with E-state index in [0.717, 1.165) is 6.07 Å². The number of nitrogen functional groups attached to an aromatic ring is 1.